The van der Waals surface area contributed by atoms with Crippen LogP contribution in [0.1, 0.15) is 113 Å². The highest BCUT2D eigenvalue weighted by atomic mass is 16.8. The highest BCUT2D eigenvalue weighted by molar-refractivity contribution is 5.20. The molecule has 0 aromatic rings. The molecule has 434 valence electrons. The van der Waals surface area contributed by atoms with Gasteiger partial charge in [-0.1, -0.05) is 46.3 Å². The maximum atomic E-state index is 12.8. The van der Waals surface area contributed by atoms with Gasteiger partial charge in [-0.05, 0) is 124 Å². The fourth-order valence-electron chi connectivity index (χ4n) is 16.1. The van der Waals surface area contributed by atoms with Crippen LogP contribution in [0, 0.1) is 45.3 Å². The van der Waals surface area contributed by atoms with Crippen molar-refractivity contribution >= 4 is 0 Å². The Bertz CT molecular complexity index is 1940. The summed E-state index contributed by atoms with van der Waals surface area (Å²) in [5.74, 6) is -0.394. The van der Waals surface area contributed by atoms with E-state index in [4.69, 9.17) is 37.9 Å². The van der Waals surface area contributed by atoms with E-state index in [0.29, 0.717) is 38.5 Å². The number of aliphatic hydroxyl groups is 14. The van der Waals surface area contributed by atoms with Crippen molar-refractivity contribution < 1.29 is 109 Å². The normalized spacial score (nSPS) is 52.6. The summed E-state index contributed by atoms with van der Waals surface area (Å²) in [6.07, 6.45) is -22.1. The standard InChI is InChI=1S/C53H90O22/c1-23(2)10-9-14-53(8,75-47-43(67)39(63)37(61)29(72-47)22-68-45-41(65)36(60)28(21-56)69-45)24-11-16-52(7)33(24)25(57)18-31-50(5)15-13-32(49(3,4)30(50)12-17-51(31,52)6)73-48-44(40(64)35(59)27(20-55)71-48)74-46-42(66)38(62)34(58)26(19-54)70-46/h10,24-48,54-67H,9,11-22H2,1-8H3/t24-,25+,26+,27+,28-,29+,30-,31+,32-,33-,34+,35+,36-,37+,38-,39-,40-,41+,42+,43+,44+,45-,46-,47-,48-,50-,51+,52+,53-/m0/s1. The molecule has 14 N–H and O–H groups in total. The number of ether oxygens (including phenoxy) is 8. The molecule has 0 radical (unpaired) electrons. The minimum atomic E-state index is -1.81. The number of fused-ring (bicyclic) bond motifs is 5. The quantitative estimate of drug-likeness (QED) is 0.0614. The molecule has 4 aliphatic heterocycles. The molecule has 0 aromatic carbocycles. The second kappa shape index (κ2) is 22.7. The fraction of sp³-hybridized carbons (Fsp3) is 0.962. The molecule has 22 nitrogen and oxygen atoms in total. The first kappa shape index (κ1) is 60.0. The van der Waals surface area contributed by atoms with Crippen LogP contribution in [0.5, 0.6) is 0 Å². The number of allylic oxidation sites excluding steroid dienone is 2. The first-order valence-electron chi connectivity index (χ1n) is 27.3. The Morgan fingerprint density at radius 1 is 0.560 bits per heavy atom. The van der Waals surface area contributed by atoms with Gasteiger partial charge in [0.25, 0.3) is 0 Å². The molecular weight excluding hydrogens is 989 g/mol. The van der Waals surface area contributed by atoms with Crippen LogP contribution in [-0.4, -0.2) is 232 Å². The topological polar surface area (TPSA) is 357 Å². The smallest absolute Gasteiger partial charge is 0.187 e. The lowest BCUT2D eigenvalue weighted by molar-refractivity contribution is -0.378. The average Bonchev–Trinajstić information content (AvgIpc) is 3.89. The lowest BCUT2D eigenvalue weighted by Gasteiger charge is -2.71. The van der Waals surface area contributed by atoms with E-state index in [1.165, 1.54) is 0 Å². The van der Waals surface area contributed by atoms with Gasteiger partial charge in [-0.3, -0.25) is 0 Å². The third kappa shape index (κ3) is 10.5. The third-order valence-corrected chi connectivity index (χ3v) is 20.5. The zero-order valence-electron chi connectivity index (χ0n) is 44.7. The van der Waals surface area contributed by atoms with Gasteiger partial charge in [-0.2, -0.15) is 0 Å². The van der Waals surface area contributed by atoms with Crippen LogP contribution in [0.25, 0.3) is 0 Å². The van der Waals surface area contributed by atoms with E-state index in [1.54, 1.807) is 0 Å². The predicted molar refractivity (Wildman–Crippen MR) is 260 cm³/mol. The Balaban J connectivity index is 1.01. The maximum absolute atomic E-state index is 12.8. The number of hydrogen-bond donors (Lipinski definition) is 14. The van der Waals surface area contributed by atoms with Crippen LogP contribution in [-0.2, 0) is 37.9 Å². The summed E-state index contributed by atoms with van der Waals surface area (Å²) in [7, 11) is 0. The fourth-order valence-corrected chi connectivity index (χ4v) is 16.1. The molecule has 4 saturated carbocycles. The van der Waals surface area contributed by atoms with Gasteiger partial charge < -0.3 is 109 Å². The Kier molecular flexibility index (Phi) is 18.1. The van der Waals surface area contributed by atoms with Gasteiger partial charge >= 0.3 is 0 Å². The molecule has 0 spiro atoms. The van der Waals surface area contributed by atoms with E-state index in [0.717, 1.165) is 24.8 Å². The molecule has 4 aliphatic carbocycles. The molecule has 0 amide bonds. The third-order valence-electron chi connectivity index (χ3n) is 20.5. The zero-order chi connectivity index (χ0) is 55.1. The largest absolute Gasteiger partial charge is 0.394 e. The molecule has 4 saturated heterocycles. The van der Waals surface area contributed by atoms with E-state index >= 15 is 0 Å². The summed E-state index contributed by atoms with van der Waals surface area (Å²) < 4.78 is 48.9. The number of hydrogen-bond acceptors (Lipinski definition) is 22. The molecule has 4 heterocycles. The first-order chi connectivity index (χ1) is 35.1. The van der Waals surface area contributed by atoms with Gasteiger partial charge in [-0.15, -0.1) is 0 Å². The van der Waals surface area contributed by atoms with Crippen LogP contribution >= 0.6 is 0 Å². The molecule has 8 fully saturated rings. The average molecular weight is 1080 g/mol. The summed E-state index contributed by atoms with van der Waals surface area (Å²) in [4.78, 5) is 0. The lowest BCUT2D eigenvalue weighted by atomic mass is 9.35. The Hall–Kier alpha value is -1.14. The van der Waals surface area contributed by atoms with E-state index in [-0.39, 0.29) is 34.5 Å². The van der Waals surface area contributed by atoms with Crippen molar-refractivity contribution in [3.63, 3.8) is 0 Å². The van der Waals surface area contributed by atoms with E-state index in [9.17, 15) is 71.5 Å². The predicted octanol–water partition coefficient (Wildman–Crippen LogP) is -1.56. The molecule has 0 aromatic heterocycles. The summed E-state index contributed by atoms with van der Waals surface area (Å²) in [6.45, 7) is 14.9. The van der Waals surface area contributed by atoms with Crippen LogP contribution < -0.4 is 0 Å². The Morgan fingerprint density at radius 3 is 1.69 bits per heavy atom. The summed E-state index contributed by atoms with van der Waals surface area (Å²) in [5, 5.41) is 151. The molecule has 29 atom stereocenters. The molecule has 8 aliphatic rings. The van der Waals surface area contributed by atoms with E-state index in [2.05, 4.69) is 40.7 Å². The number of aliphatic hydroxyl groups excluding tert-OH is 14. The minimum Gasteiger partial charge on any atom is -0.394 e. The Morgan fingerprint density at radius 2 is 1.08 bits per heavy atom. The molecule has 0 bridgehead atoms. The second-order valence-electron chi connectivity index (χ2n) is 25.3. The highest BCUT2D eigenvalue weighted by Gasteiger charge is 2.72. The summed E-state index contributed by atoms with van der Waals surface area (Å²) in [5.41, 5.74) is -1.47. The van der Waals surface area contributed by atoms with Crippen LogP contribution in [0.2, 0.25) is 0 Å². The first-order valence-corrected chi connectivity index (χ1v) is 27.3. The number of rotatable bonds is 16. The maximum Gasteiger partial charge on any atom is 0.187 e. The highest BCUT2D eigenvalue weighted by Crippen LogP contribution is 2.76. The molecule has 0 unspecified atom stereocenters. The zero-order valence-corrected chi connectivity index (χ0v) is 44.7. The van der Waals surface area contributed by atoms with Crippen molar-refractivity contribution in [2.45, 2.75) is 248 Å². The van der Waals surface area contributed by atoms with Gasteiger partial charge in [0, 0.05) is 0 Å². The van der Waals surface area contributed by atoms with Crippen molar-refractivity contribution in [3.05, 3.63) is 11.6 Å². The van der Waals surface area contributed by atoms with Crippen LogP contribution in [0.3, 0.4) is 0 Å². The van der Waals surface area contributed by atoms with Gasteiger partial charge in [0.15, 0.2) is 25.2 Å². The van der Waals surface area contributed by atoms with Crippen LogP contribution in [0.15, 0.2) is 11.6 Å². The van der Waals surface area contributed by atoms with Gasteiger partial charge in [0.2, 0.25) is 0 Å². The van der Waals surface area contributed by atoms with Crippen molar-refractivity contribution in [1.82, 2.24) is 0 Å². The minimum absolute atomic E-state index is 0.0508. The van der Waals surface area contributed by atoms with Crippen molar-refractivity contribution in [2.75, 3.05) is 26.4 Å². The van der Waals surface area contributed by atoms with Gasteiger partial charge in [-0.25, -0.2) is 0 Å². The molecule has 75 heavy (non-hydrogen) atoms. The summed E-state index contributed by atoms with van der Waals surface area (Å²) >= 11 is 0. The summed E-state index contributed by atoms with van der Waals surface area (Å²) in [6, 6.07) is 0. The lowest BCUT2D eigenvalue weighted by Crippen LogP contribution is -2.68. The Labute approximate surface area is 439 Å². The van der Waals surface area contributed by atoms with Crippen molar-refractivity contribution in [1.29, 1.82) is 0 Å². The van der Waals surface area contributed by atoms with Crippen molar-refractivity contribution in [3.8, 4) is 0 Å². The molecule has 8 rings (SSSR count). The van der Waals surface area contributed by atoms with Gasteiger partial charge in [0.05, 0.1) is 44.2 Å². The molecular formula is C53H90O22. The van der Waals surface area contributed by atoms with Crippen molar-refractivity contribution in [2.24, 2.45) is 45.3 Å². The van der Waals surface area contributed by atoms with Gasteiger partial charge in [0.1, 0.15) is 91.6 Å². The SMILES string of the molecule is CC(C)=CCC[C@](C)(O[C@@H]1O[C@H](CO[C@H]2O[C@@H](CO)[C@H](O)[C@H]2O)[C@@H](O)[C@H](O)[C@H]1O)[C@H]1CC[C@]2(C)[C@@H]1[C@H](O)C[C@@H]1[C@@]3(C)CC[C@H](O[C@@H]4O[C@H](CO)[C@@H](O)[C@H](O)[C@H]4O[C@@H]4O[C@H](CO)[C@@H](O)[C@H](O)[C@H]4O)C(C)(C)[C@@H]3CC[C@]12C. The van der Waals surface area contributed by atoms with E-state index < -0.39 is 172 Å². The monoisotopic (exact) mass is 1080 g/mol. The molecule has 22 heteroatoms. The van der Waals surface area contributed by atoms with Crippen LogP contribution in [0.4, 0.5) is 0 Å². The van der Waals surface area contributed by atoms with E-state index in [1.807, 2.05) is 20.8 Å². The second-order valence-corrected chi connectivity index (χ2v) is 25.3.